The largest absolute Gasteiger partial charge is 0.349 e. The van der Waals surface area contributed by atoms with Crippen LogP contribution in [0.5, 0.6) is 0 Å². The minimum atomic E-state index is -0.686. The number of nitrogens with zero attached hydrogens (tertiary/aromatic N) is 3. The monoisotopic (exact) mass is 338 g/mol. The van der Waals surface area contributed by atoms with Gasteiger partial charge in [0, 0.05) is 11.6 Å². The van der Waals surface area contributed by atoms with Crippen molar-refractivity contribution in [1.82, 2.24) is 19.5 Å². The van der Waals surface area contributed by atoms with Gasteiger partial charge < -0.3 is 4.57 Å². The summed E-state index contributed by atoms with van der Waals surface area (Å²) in [6.07, 6.45) is 0. The molecule has 0 aromatic heterocycles. The molecule has 2 aromatic carbocycles. The van der Waals surface area contributed by atoms with Crippen molar-refractivity contribution in [1.29, 1.82) is 0 Å². The third-order valence-corrected chi connectivity index (χ3v) is 4.02. The lowest BCUT2D eigenvalue weighted by Gasteiger charge is -2.16. The molecule has 0 bridgehead atoms. The van der Waals surface area contributed by atoms with Crippen molar-refractivity contribution in [3.8, 4) is 11.5 Å². The van der Waals surface area contributed by atoms with Gasteiger partial charge in [0.15, 0.2) is 11.5 Å². The molecule has 6 nitrogen and oxygen atoms in total. The zero-order valence-electron chi connectivity index (χ0n) is 12.4. The highest BCUT2D eigenvalue weighted by molar-refractivity contribution is 6.30. The summed E-state index contributed by atoms with van der Waals surface area (Å²) in [4.78, 5) is 34.2. The van der Waals surface area contributed by atoms with Crippen molar-refractivity contribution in [2.75, 3.05) is 0 Å². The summed E-state index contributed by atoms with van der Waals surface area (Å²) in [5.74, 6) is 0.261. The molecule has 4 rings (SSSR count). The van der Waals surface area contributed by atoms with E-state index in [-0.39, 0.29) is 11.5 Å². The maximum absolute atomic E-state index is 12.1. The molecule has 0 saturated carbocycles. The fourth-order valence-corrected chi connectivity index (χ4v) is 2.80. The fourth-order valence-electron chi connectivity index (χ4n) is 2.68. The first-order chi connectivity index (χ1) is 11.6. The van der Waals surface area contributed by atoms with Crippen LogP contribution < -0.4 is 11.2 Å². The minimum Gasteiger partial charge on any atom is -0.318 e. The summed E-state index contributed by atoms with van der Waals surface area (Å²) in [7, 11) is 0. The van der Waals surface area contributed by atoms with E-state index in [9.17, 15) is 9.59 Å². The number of para-hydroxylation sites is 2. The second-order valence-corrected chi connectivity index (χ2v) is 5.79. The van der Waals surface area contributed by atoms with Crippen LogP contribution in [-0.4, -0.2) is 19.5 Å². The normalized spacial score (nSPS) is 11.2. The van der Waals surface area contributed by atoms with Crippen LogP contribution in [0.25, 0.3) is 22.6 Å². The summed E-state index contributed by atoms with van der Waals surface area (Å²) in [6.45, 7) is 0.437. The Morgan fingerprint density at radius 2 is 1.75 bits per heavy atom. The molecule has 0 unspecified atom stereocenters. The van der Waals surface area contributed by atoms with Crippen molar-refractivity contribution in [2.24, 2.45) is 0 Å². The predicted molar refractivity (Wildman–Crippen MR) is 91.6 cm³/mol. The number of halogens is 1. The summed E-state index contributed by atoms with van der Waals surface area (Å²) in [5, 5.41) is 0.643. The van der Waals surface area contributed by atoms with E-state index in [0.29, 0.717) is 17.1 Å². The number of hydrogen-bond donors (Lipinski definition) is 1. The summed E-state index contributed by atoms with van der Waals surface area (Å²) >= 11 is 5.93. The van der Waals surface area contributed by atoms with Crippen molar-refractivity contribution in [2.45, 2.75) is 6.54 Å². The standard InChI is InChI=1S/C17H11ClN4O2/c18-11-7-5-10(6-8-11)9-22-13-4-2-1-3-12(13)19-14-15(22)20-17(24)21-16(14)23/h1-8H,9H2,(H,21,23,24). The number of aromatic amines is 1. The molecule has 0 amide bonds. The van der Waals surface area contributed by atoms with Crippen molar-refractivity contribution in [3.05, 3.63) is 80.0 Å². The van der Waals surface area contributed by atoms with E-state index in [1.165, 1.54) is 0 Å². The Balaban J connectivity index is 2.04. The summed E-state index contributed by atoms with van der Waals surface area (Å²) in [5.41, 5.74) is 1.33. The second kappa shape index (κ2) is 5.58. The summed E-state index contributed by atoms with van der Waals surface area (Å²) in [6, 6.07) is 14.8. The third-order valence-electron chi connectivity index (χ3n) is 3.77. The van der Waals surface area contributed by atoms with Crippen LogP contribution >= 0.6 is 11.6 Å². The van der Waals surface area contributed by atoms with E-state index in [4.69, 9.17) is 11.6 Å². The lowest BCUT2D eigenvalue weighted by molar-refractivity contribution is 0.790. The van der Waals surface area contributed by atoms with Gasteiger partial charge >= 0.3 is 5.69 Å². The fraction of sp³-hybridized carbons (Fsp3) is 0.0588. The highest BCUT2D eigenvalue weighted by atomic mass is 35.5. The molecule has 2 aliphatic heterocycles. The lowest BCUT2D eigenvalue weighted by Crippen LogP contribution is -2.29. The van der Waals surface area contributed by atoms with E-state index >= 15 is 0 Å². The Morgan fingerprint density at radius 1 is 1.00 bits per heavy atom. The van der Waals surface area contributed by atoms with Crippen LogP contribution in [0, 0.1) is 0 Å². The molecule has 0 atom stereocenters. The Hall–Kier alpha value is -2.99. The zero-order chi connectivity index (χ0) is 16.7. The van der Waals surface area contributed by atoms with E-state index in [2.05, 4.69) is 15.0 Å². The van der Waals surface area contributed by atoms with Crippen LogP contribution in [-0.2, 0) is 6.54 Å². The third kappa shape index (κ3) is 2.47. The summed E-state index contributed by atoms with van der Waals surface area (Å²) < 4.78 is 1.82. The number of aromatic nitrogens is 4. The number of rotatable bonds is 2. The number of fused-ring (bicyclic) bond motifs is 2. The first-order valence-corrected chi connectivity index (χ1v) is 7.64. The van der Waals surface area contributed by atoms with Gasteiger partial charge in [-0.2, -0.15) is 4.98 Å². The van der Waals surface area contributed by atoms with Crippen LogP contribution in [0.15, 0.2) is 58.1 Å². The number of nitrogens with one attached hydrogen (secondary N) is 1. The topological polar surface area (TPSA) is 80.6 Å². The maximum atomic E-state index is 12.1. The number of benzene rings is 2. The Morgan fingerprint density at radius 3 is 2.54 bits per heavy atom. The van der Waals surface area contributed by atoms with Gasteiger partial charge in [0.05, 0.1) is 11.0 Å². The molecule has 7 heteroatoms. The molecule has 2 aliphatic rings. The SMILES string of the molecule is O=c1nc2n(Cc3ccc(Cl)cc3)c3ccccc3nc-2c(=O)[nH]1. The van der Waals surface area contributed by atoms with Crippen LogP contribution in [0.2, 0.25) is 5.02 Å². The van der Waals surface area contributed by atoms with Crippen molar-refractivity contribution in [3.63, 3.8) is 0 Å². The highest BCUT2D eigenvalue weighted by Gasteiger charge is 2.18. The van der Waals surface area contributed by atoms with Gasteiger partial charge in [-0.15, -0.1) is 0 Å². The van der Waals surface area contributed by atoms with Gasteiger partial charge in [0.1, 0.15) is 0 Å². The minimum absolute atomic E-state index is 0.141. The zero-order valence-corrected chi connectivity index (χ0v) is 13.1. The second-order valence-electron chi connectivity index (χ2n) is 5.36. The molecule has 0 aliphatic carbocycles. The predicted octanol–water partition coefficient (Wildman–Crippen LogP) is 2.29. The van der Waals surface area contributed by atoms with Crippen LogP contribution in [0.4, 0.5) is 0 Å². The van der Waals surface area contributed by atoms with E-state index < -0.39 is 11.2 Å². The molecular weight excluding hydrogens is 328 g/mol. The van der Waals surface area contributed by atoms with Crippen molar-refractivity contribution < 1.29 is 0 Å². The molecular formula is C17H11ClN4O2. The van der Waals surface area contributed by atoms with Crippen molar-refractivity contribution >= 4 is 22.6 Å². The molecule has 0 spiro atoms. The van der Waals surface area contributed by atoms with Gasteiger partial charge in [-0.1, -0.05) is 35.9 Å². The number of hydrogen-bond acceptors (Lipinski definition) is 4. The van der Waals surface area contributed by atoms with Gasteiger partial charge in [0.2, 0.25) is 0 Å². The Labute approximate surface area is 140 Å². The molecule has 24 heavy (non-hydrogen) atoms. The Kier molecular flexibility index (Phi) is 3.39. The van der Waals surface area contributed by atoms with Crippen LogP contribution in [0.3, 0.4) is 0 Å². The molecule has 2 heterocycles. The molecule has 0 radical (unpaired) electrons. The van der Waals surface area contributed by atoms with Gasteiger partial charge in [-0.25, -0.2) is 9.78 Å². The average molecular weight is 339 g/mol. The van der Waals surface area contributed by atoms with Gasteiger partial charge in [0.25, 0.3) is 5.56 Å². The Bertz CT molecular complexity index is 1130. The van der Waals surface area contributed by atoms with E-state index in [1.54, 1.807) is 12.1 Å². The maximum Gasteiger partial charge on any atom is 0.349 e. The van der Waals surface area contributed by atoms with E-state index in [0.717, 1.165) is 11.1 Å². The lowest BCUT2D eigenvalue weighted by atomic mass is 10.2. The smallest absolute Gasteiger partial charge is 0.318 e. The highest BCUT2D eigenvalue weighted by Crippen LogP contribution is 2.22. The molecule has 0 saturated heterocycles. The van der Waals surface area contributed by atoms with Gasteiger partial charge in [-0.3, -0.25) is 9.78 Å². The van der Waals surface area contributed by atoms with Crippen LogP contribution in [0.1, 0.15) is 5.56 Å². The molecule has 118 valence electrons. The molecule has 1 N–H and O–H groups in total. The van der Waals surface area contributed by atoms with E-state index in [1.807, 2.05) is 41.0 Å². The first-order valence-electron chi connectivity index (χ1n) is 7.26. The van der Waals surface area contributed by atoms with Gasteiger partial charge in [-0.05, 0) is 29.8 Å². The first kappa shape index (κ1) is 14.6. The quantitative estimate of drug-likeness (QED) is 0.569. The molecule has 0 fully saturated rings. The number of H-pyrrole nitrogens is 1. The average Bonchev–Trinajstić information content (AvgIpc) is 2.57. The molecule has 2 aromatic rings.